The highest BCUT2D eigenvalue weighted by Crippen LogP contribution is 2.27. The van der Waals surface area contributed by atoms with Gasteiger partial charge in [-0.1, -0.05) is 12.1 Å². The fourth-order valence-electron chi connectivity index (χ4n) is 2.04. The zero-order chi connectivity index (χ0) is 16.8. The molecule has 1 aliphatic heterocycles. The van der Waals surface area contributed by atoms with Crippen LogP contribution in [0.15, 0.2) is 34.9 Å². The summed E-state index contributed by atoms with van der Waals surface area (Å²) < 4.78 is 27.8. The molecule has 11 heteroatoms. The quantitative estimate of drug-likeness (QED) is 0.620. The van der Waals surface area contributed by atoms with Gasteiger partial charge in [0.15, 0.2) is 17.3 Å². The highest BCUT2D eigenvalue weighted by Gasteiger charge is 2.30. The molecular weight excluding hydrogens is 324 g/mol. The van der Waals surface area contributed by atoms with Gasteiger partial charge in [-0.15, -0.1) is 4.40 Å². The number of nitro benzene ring substituents is 1. The van der Waals surface area contributed by atoms with Crippen LogP contribution in [0.2, 0.25) is 0 Å². The van der Waals surface area contributed by atoms with Crippen LogP contribution in [0.4, 0.5) is 11.5 Å². The summed E-state index contributed by atoms with van der Waals surface area (Å²) in [4.78, 5) is 18.6. The van der Waals surface area contributed by atoms with Crippen molar-refractivity contribution in [3.8, 4) is 11.3 Å². The van der Waals surface area contributed by atoms with Crippen molar-refractivity contribution in [3.63, 3.8) is 0 Å². The molecule has 1 aromatic carbocycles. The van der Waals surface area contributed by atoms with E-state index < -0.39 is 15.1 Å². The van der Waals surface area contributed by atoms with Gasteiger partial charge in [0, 0.05) is 24.7 Å². The zero-order valence-electron chi connectivity index (χ0n) is 11.7. The van der Waals surface area contributed by atoms with Crippen LogP contribution in [-0.2, 0) is 10.2 Å². The molecular formula is C12H10N6O4S. The van der Waals surface area contributed by atoms with Gasteiger partial charge in [0.1, 0.15) is 0 Å². The van der Waals surface area contributed by atoms with Crippen molar-refractivity contribution >= 4 is 27.6 Å². The Morgan fingerprint density at radius 1 is 1.35 bits per heavy atom. The maximum Gasteiger partial charge on any atom is 0.347 e. The van der Waals surface area contributed by atoms with E-state index in [1.807, 2.05) is 0 Å². The first kappa shape index (κ1) is 14.8. The molecule has 0 saturated heterocycles. The van der Waals surface area contributed by atoms with E-state index in [2.05, 4.69) is 14.4 Å². The molecule has 0 unspecified atom stereocenters. The lowest BCUT2D eigenvalue weighted by Gasteiger charge is -2.22. The molecule has 1 aliphatic rings. The van der Waals surface area contributed by atoms with Crippen molar-refractivity contribution in [2.24, 2.45) is 10.1 Å². The summed E-state index contributed by atoms with van der Waals surface area (Å²) in [5.74, 6) is -0.232. The topological polar surface area (TPSA) is 145 Å². The third kappa shape index (κ3) is 2.46. The first-order valence-electron chi connectivity index (χ1n) is 6.26. The minimum atomic E-state index is -3.92. The maximum absolute atomic E-state index is 11.7. The number of aromatic nitrogens is 2. The number of amidine groups is 1. The Balaban J connectivity index is 2.14. The summed E-state index contributed by atoms with van der Waals surface area (Å²) in [6.45, 7) is 0. The van der Waals surface area contributed by atoms with Gasteiger partial charge >= 0.3 is 10.2 Å². The molecule has 118 valence electrons. The van der Waals surface area contributed by atoms with E-state index in [-0.39, 0.29) is 23.0 Å². The number of anilines is 1. The Labute approximate surface area is 130 Å². The second kappa shape index (κ2) is 4.98. The van der Waals surface area contributed by atoms with Crippen molar-refractivity contribution in [1.29, 1.82) is 0 Å². The fraction of sp³-hybridized carbons (Fsp3) is 0.0833. The highest BCUT2D eigenvalue weighted by molar-refractivity contribution is 7.91. The molecule has 10 nitrogen and oxygen atoms in total. The summed E-state index contributed by atoms with van der Waals surface area (Å²) in [7, 11) is -2.63. The lowest BCUT2D eigenvalue weighted by Crippen LogP contribution is -2.35. The Bertz CT molecular complexity index is 956. The molecule has 0 fully saturated rings. The molecule has 0 aliphatic carbocycles. The molecule has 0 radical (unpaired) electrons. The van der Waals surface area contributed by atoms with Crippen molar-refractivity contribution in [2.45, 2.75) is 0 Å². The minimum absolute atomic E-state index is 0.0479. The standard InChI is InChI=1S/C12H10N6O4S/c1-17-12-10(11(13)16-23(17,21)22)15-9(6-14-12)7-3-2-4-8(5-7)18(19)20/h2-6H,1H3,(H2,13,16). The molecule has 23 heavy (non-hydrogen) atoms. The molecule has 0 amide bonds. The van der Waals surface area contributed by atoms with Crippen LogP contribution in [0.1, 0.15) is 5.69 Å². The van der Waals surface area contributed by atoms with Crippen LogP contribution in [0, 0.1) is 10.1 Å². The SMILES string of the molecule is CN1c2ncc(-c3cccc([N+](=O)[O-])c3)nc2C(N)=NS1(=O)=O. The zero-order valence-corrected chi connectivity index (χ0v) is 12.6. The van der Waals surface area contributed by atoms with Gasteiger partial charge in [-0.3, -0.25) is 10.1 Å². The molecule has 2 N–H and O–H groups in total. The Morgan fingerprint density at radius 2 is 2.09 bits per heavy atom. The number of fused-ring (bicyclic) bond motifs is 1. The predicted molar refractivity (Wildman–Crippen MR) is 82.2 cm³/mol. The molecule has 0 saturated carbocycles. The van der Waals surface area contributed by atoms with Crippen molar-refractivity contribution in [1.82, 2.24) is 9.97 Å². The van der Waals surface area contributed by atoms with E-state index in [1.165, 1.54) is 31.4 Å². The number of hydrogen-bond donors (Lipinski definition) is 1. The number of nitrogens with zero attached hydrogens (tertiary/aromatic N) is 5. The van der Waals surface area contributed by atoms with Gasteiger partial charge in [0.2, 0.25) is 0 Å². The summed E-state index contributed by atoms with van der Waals surface area (Å²) in [6.07, 6.45) is 1.32. The summed E-state index contributed by atoms with van der Waals surface area (Å²) in [6, 6.07) is 5.83. The number of non-ortho nitro benzene ring substituents is 1. The Kier molecular flexibility index (Phi) is 3.21. The summed E-state index contributed by atoms with van der Waals surface area (Å²) in [5, 5.41) is 10.8. The molecule has 1 aromatic heterocycles. The molecule has 0 spiro atoms. The van der Waals surface area contributed by atoms with Gasteiger partial charge in [-0.2, -0.15) is 8.42 Å². The van der Waals surface area contributed by atoms with Crippen LogP contribution in [-0.4, -0.2) is 36.2 Å². The third-order valence-corrected chi connectivity index (χ3v) is 4.50. The van der Waals surface area contributed by atoms with Gasteiger partial charge in [0.25, 0.3) is 5.69 Å². The second-order valence-corrected chi connectivity index (χ2v) is 6.28. The predicted octanol–water partition coefficient (Wildman–Crippen LogP) is 0.452. The van der Waals surface area contributed by atoms with Gasteiger partial charge in [-0.05, 0) is 0 Å². The monoisotopic (exact) mass is 334 g/mol. The third-order valence-electron chi connectivity index (χ3n) is 3.21. The van der Waals surface area contributed by atoms with Crippen LogP contribution in [0.5, 0.6) is 0 Å². The number of nitrogens with two attached hydrogens (primary N) is 1. The van der Waals surface area contributed by atoms with E-state index in [4.69, 9.17) is 5.73 Å². The fourth-order valence-corrected chi connectivity index (χ4v) is 2.85. The normalized spacial score (nSPS) is 15.7. The average molecular weight is 334 g/mol. The van der Waals surface area contributed by atoms with E-state index >= 15 is 0 Å². The molecule has 2 aromatic rings. The number of rotatable bonds is 2. The minimum Gasteiger partial charge on any atom is -0.381 e. The number of nitro groups is 1. The van der Waals surface area contributed by atoms with Crippen LogP contribution >= 0.6 is 0 Å². The van der Waals surface area contributed by atoms with E-state index in [0.717, 1.165) is 4.31 Å². The lowest BCUT2D eigenvalue weighted by atomic mass is 10.1. The lowest BCUT2D eigenvalue weighted by molar-refractivity contribution is -0.384. The van der Waals surface area contributed by atoms with Gasteiger partial charge < -0.3 is 5.73 Å². The van der Waals surface area contributed by atoms with E-state index in [0.29, 0.717) is 11.3 Å². The molecule has 0 bridgehead atoms. The average Bonchev–Trinajstić information content (AvgIpc) is 2.52. The van der Waals surface area contributed by atoms with Crippen LogP contribution in [0.3, 0.4) is 0 Å². The summed E-state index contributed by atoms with van der Waals surface area (Å²) >= 11 is 0. The smallest absolute Gasteiger partial charge is 0.347 e. The van der Waals surface area contributed by atoms with E-state index in [1.54, 1.807) is 6.07 Å². The molecule has 2 heterocycles. The van der Waals surface area contributed by atoms with Crippen LogP contribution in [0.25, 0.3) is 11.3 Å². The Hall–Kier alpha value is -3.08. The van der Waals surface area contributed by atoms with Crippen molar-refractivity contribution in [3.05, 3.63) is 46.3 Å². The van der Waals surface area contributed by atoms with Gasteiger partial charge in [-0.25, -0.2) is 14.3 Å². The molecule has 0 atom stereocenters. The summed E-state index contributed by atoms with van der Waals surface area (Å²) in [5.41, 5.74) is 6.43. The maximum atomic E-state index is 11.7. The largest absolute Gasteiger partial charge is 0.381 e. The first-order chi connectivity index (χ1) is 10.8. The highest BCUT2D eigenvalue weighted by atomic mass is 32.2. The second-order valence-electron chi connectivity index (χ2n) is 4.66. The Morgan fingerprint density at radius 3 is 2.78 bits per heavy atom. The van der Waals surface area contributed by atoms with Crippen molar-refractivity contribution in [2.75, 3.05) is 11.4 Å². The molecule has 3 rings (SSSR count). The first-order valence-corrected chi connectivity index (χ1v) is 7.66. The number of hydrogen-bond acceptors (Lipinski definition) is 7. The van der Waals surface area contributed by atoms with Crippen LogP contribution < -0.4 is 10.0 Å². The number of benzene rings is 1. The van der Waals surface area contributed by atoms with Gasteiger partial charge in [0.05, 0.1) is 16.8 Å². The van der Waals surface area contributed by atoms with E-state index in [9.17, 15) is 18.5 Å². The van der Waals surface area contributed by atoms with Crippen molar-refractivity contribution < 1.29 is 13.3 Å².